The molecule has 0 saturated heterocycles. The summed E-state index contributed by atoms with van der Waals surface area (Å²) in [6.07, 6.45) is 15.8. The molecule has 0 spiro atoms. The minimum Gasteiger partial charge on any atom is -0.872 e. The number of allylic oxidation sites excluding steroid dienone is 7. The first-order valence-corrected chi connectivity index (χ1v) is 13.0. The van der Waals surface area contributed by atoms with Crippen molar-refractivity contribution in [2.75, 3.05) is 0 Å². The Labute approximate surface area is 260 Å². The zero-order valence-corrected chi connectivity index (χ0v) is 27.6. The predicted octanol–water partition coefficient (Wildman–Crippen LogP) is 7.19. The molecule has 0 radical (unpaired) electrons. The van der Waals surface area contributed by atoms with Crippen LogP contribution >= 0.6 is 0 Å². The van der Waals surface area contributed by atoms with Crippen LogP contribution in [0, 0.1) is 11.5 Å². The molecule has 0 amide bonds. The summed E-state index contributed by atoms with van der Waals surface area (Å²) in [6, 6.07) is 21.0. The smallest absolute Gasteiger partial charge is 0.872 e. The zero-order valence-electron chi connectivity index (χ0n) is 24.0. The summed E-state index contributed by atoms with van der Waals surface area (Å²) >= 11 is 0. The summed E-state index contributed by atoms with van der Waals surface area (Å²) < 4.78 is 0. The molecule has 206 valence electrons. The first-order valence-electron chi connectivity index (χ1n) is 13.0. The second kappa shape index (κ2) is 20.5. The largest absolute Gasteiger partial charge is 4.00 e. The number of hydrogen-bond acceptors (Lipinski definition) is 3. The average Bonchev–Trinajstić information content (AvgIpc) is 3.46. The van der Waals surface area contributed by atoms with Crippen LogP contribution < -0.4 is 15.3 Å². The van der Waals surface area contributed by atoms with E-state index in [4.69, 9.17) is 0 Å². The van der Waals surface area contributed by atoms with Crippen LogP contribution in [-0.2, 0) is 45.1 Å². The molecule has 0 unspecified atom stereocenters. The predicted molar refractivity (Wildman–Crippen MR) is 159 cm³/mol. The van der Waals surface area contributed by atoms with Gasteiger partial charge in [-0.3, -0.25) is 6.08 Å². The van der Waals surface area contributed by atoms with Gasteiger partial charge in [-0.2, -0.15) is 6.08 Å². The van der Waals surface area contributed by atoms with Gasteiger partial charge in [-0.15, -0.1) is 43.4 Å². The normalized spacial score (nSPS) is 11.0. The maximum Gasteiger partial charge on any atom is 4.00 e. The minimum atomic E-state index is 0. The van der Waals surface area contributed by atoms with Gasteiger partial charge in [-0.05, 0) is 24.7 Å². The Morgan fingerprint density at radius 2 is 0.975 bits per heavy atom. The van der Waals surface area contributed by atoms with Gasteiger partial charge in [-0.25, -0.2) is 11.6 Å². The molecule has 3 aromatic rings. The van der Waals surface area contributed by atoms with Crippen molar-refractivity contribution in [3.63, 3.8) is 0 Å². The fourth-order valence-electron chi connectivity index (χ4n) is 3.40. The van der Waals surface area contributed by atoms with E-state index in [1.54, 1.807) is 54.6 Å². The standard InChI is InChI=1S/3C9H10O.C9H13.Hf/c3*1-2-5-8-6-3-4-7-9(8)10;1-9(2,3)8-6-4-5-7-8;/h3*2-4,6-7,10H,1,5H2;4,6H,5H2,1-3H3;/q;;;-1;+4/p-3. The molecule has 0 atom stereocenters. The van der Waals surface area contributed by atoms with Crippen LogP contribution in [0.25, 0.3) is 0 Å². The summed E-state index contributed by atoms with van der Waals surface area (Å²) in [5.41, 5.74) is 4.10. The number of para-hydroxylation sites is 3. The van der Waals surface area contributed by atoms with Gasteiger partial charge in [0.1, 0.15) is 0 Å². The Hall–Kier alpha value is -3.37. The van der Waals surface area contributed by atoms with Gasteiger partial charge in [0, 0.05) is 0 Å². The van der Waals surface area contributed by atoms with Crippen LogP contribution in [0.1, 0.15) is 43.9 Å². The summed E-state index contributed by atoms with van der Waals surface area (Å²) in [4.78, 5) is 0. The van der Waals surface area contributed by atoms with Crippen molar-refractivity contribution in [2.45, 2.75) is 46.5 Å². The van der Waals surface area contributed by atoms with E-state index in [1.165, 1.54) is 5.57 Å². The summed E-state index contributed by atoms with van der Waals surface area (Å²) in [5.74, 6) is 0.298. The van der Waals surface area contributed by atoms with Crippen LogP contribution in [0.2, 0.25) is 0 Å². The van der Waals surface area contributed by atoms with Gasteiger partial charge in [0.25, 0.3) is 0 Å². The molecule has 0 aromatic heterocycles. The maximum absolute atomic E-state index is 11.0. The second-order valence-corrected chi connectivity index (χ2v) is 9.75. The SMILES string of the molecule is C=CCc1ccccc1[O-].C=CCc1ccccc1[O-].C=CCc1ccccc1[O-].CC(C)(C)C1=[C-]CC=C1.[Hf+4]. The molecule has 4 rings (SSSR count). The zero-order chi connectivity index (χ0) is 29.1. The quantitative estimate of drug-likeness (QED) is 0.156. The molecule has 3 nitrogen and oxygen atoms in total. The molecule has 0 fully saturated rings. The summed E-state index contributed by atoms with van der Waals surface area (Å²) in [6.45, 7) is 17.3. The number of hydrogen-bond donors (Lipinski definition) is 0. The molecule has 1 aliphatic rings. The van der Waals surface area contributed by atoms with Crippen molar-refractivity contribution in [3.05, 3.63) is 151 Å². The first-order chi connectivity index (χ1) is 18.6. The third-order valence-corrected chi connectivity index (χ3v) is 5.51. The molecule has 40 heavy (non-hydrogen) atoms. The molecule has 0 N–H and O–H groups in total. The van der Waals surface area contributed by atoms with Crippen LogP contribution in [0.3, 0.4) is 0 Å². The maximum atomic E-state index is 11.0. The molecule has 0 heterocycles. The Morgan fingerprint density at radius 1 is 0.650 bits per heavy atom. The Kier molecular flexibility index (Phi) is 18.8. The van der Waals surface area contributed by atoms with Gasteiger partial charge in [-0.1, -0.05) is 128 Å². The van der Waals surface area contributed by atoms with Crippen molar-refractivity contribution in [3.8, 4) is 17.2 Å². The monoisotopic (exact) mass is 700 g/mol. The van der Waals surface area contributed by atoms with E-state index in [9.17, 15) is 15.3 Å². The van der Waals surface area contributed by atoms with Gasteiger partial charge in [0.2, 0.25) is 0 Å². The van der Waals surface area contributed by atoms with E-state index in [2.05, 4.69) is 58.7 Å². The van der Waals surface area contributed by atoms with Crippen molar-refractivity contribution < 1.29 is 41.2 Å². The van der Waals surface area contributed by atoms with Gasteiger partial charge in [0.15, 0.2) is 0 Å². The Balaban J connectivity index is 0.000000503. The van der Waals surface area contributed by atoms with Crippen LogP contribution in [0.4, 0.5) is 0 Å². The fourth-order valence-corrected chi connectivity index (χ4v) is 3.40. The van der Waals surface area contributed by atoms with E-state index in [1.807, 2.05) is 36.4 Å². The number of benzene rings is 3. The van der Waals surface area contributed by atoms with E-state index >= 15 is 0 Å². The summed E-state index contributed by atoms with van der Waals surface area (Å²) in [5, 5.41) is 32.9. The Bertz CT molecular complexity index is 1110. The van der Waals surface area contributed by atoms with Crippen LogP contribution in [-0.4, -0.2) is 0 Å². The molecule has 0 saturated carbocycles. The van der Waals surface area contributed by atoms with Crippen LogP contribution in [0.15, 0.2) is 128 Å². The van der Waals surface area contributed by atoms with E-state index in [0.717, 1.165) is 23.1 Å². The Morgan fingerprint density at radius 3 is 1.18 bits per heavy atom. The van der Waals surface area contributed by atoms with Crippen molar-refractivity contribution in [2.24, 2.45) is 5.41 Å². The molecule has 3 aromatic carbocycles. The third-order valence-electron chi connectivity index (χ3n) is 5.51. The van der Waals surface area contributed by atoms with Gasteiger partial charge in [0.05, 0.1) is 0 Å². The van der Waals surface area contributed by atoms with Gasteiger partial charge >= 0.3 is 25.8 Å². The van der Waals surface area contributed by atoms with E-state index in [0.29, 0.717) is 24.7 Å². The van der Waals surface area contributed by atoms with E-state index in [-0.39, 0.29) is 43.1 Å². The molecule has 0 aliphatic heterocycles. The molecule has 0 bridgehead atoms. The fraction of sp³-hybridized carbons (Fsp3) is 0.222. The van der Waals surface area contributed by atoms with Crippen LogP contribution in [0.5, 0.6) is 17.2 Å². The third kappa shape index (κ3) is 14.7. The van der Waals surface area contributed by atoms with Crippen molar-refractivity contribution in [1.29, 1.82) is 0 Å². The molecular weight excluding hydrogens is 659 g/mol. The number of rotatable bonds is 6. The van der Waals surface area contributed by atoms with Gasteiger partial charge < -0.3 is 15.3 Å². The minimum absolute atomic E-state index is 0. The molecule has 1 aliphatic carbocycles. The molecule has 4 heteroatoms. The summed E-state index contributed by atoms with van der Waals surface area (Å²) in [7, 11) is 0. The average molecular weight is 699 g/mol. The second-order valence-electron chi connectivity index (χ2n) is 9.75. The van der Waals surface area contributed by atoms with Crippen molar-refractivity contribution >= 4 is 0 Å². The van der Waals surface area contributed by atoms with E-state index < -0.39 is 0 Å². The topological polar surface area (TPSA) is 69.2 Å². The first kappa shape index (κ1) is 36.6. The van der Waals surface area contributed by atoms with Crippen molar-refractivity contribution in [1.82, 2.24) is 0 Å². The molecular formula is C36H40HfO3.